The zero-order chi connectivity index (χ0) is 41.8. The number of allylic oxidation sites excluding steroid dienone is 8. The summed E-state index contributed by atoms with van der Waals surface area (Å²) in [6, 6.07) is 0. The minimum absolute atomic E-state index is 0.0778. The van der Waals surface area contributed by atoms with E-state index in [2.05, 4.69) is 67.8 Å². The Labute approximate surface area is 349 Å². The van der Waals surface area contributed by atoms with Crippen molar-refractivity contribution in [3.8, 4) is 0 Å². The van der Waals surface area contributed by atoms with E-state index in [1.54, 1.807) is 0 Å². The Kier molecular flexibility index (Phi) is 42.0. The normalized spacial score (nSPS) is 13.7. The van der Waals surface area contributed by atoms with Gasteiger partial charge in [-0.3, -0.25) is 18.6 Å². The lowest BCUT2D eigenvalue weighted by Crippen LogP contribution is -2.27. The number of nitrogens with one attached hydrogen (secondary N) is 1. The van der Waals surface area contributed by atoms with Crippen LogP contribution in [-0.2, 0) is 27.9 Å². The van der Waals surface area contributed by atoms with Crippen molar-refractivity contribution in [3.05, 3.63) is 48.6 Å². The summed E-state index contributed by atoms with van der Waals surface area (Å²) >= 11 is 0. The average molecular weight is 824 g/mol. The Morgan fingerprint density at radius 1 is 0.561 bits per heavy atom. The van der Waals surface area contributed by atoms with Gasteiger partial charge in [-0.25, -0.2) is 4.57 Å². The van der Waals surface area contributed by atoms with Crippen molar-refractivity contribution in [1.82, 2.24) is 5.32 Å². The average Bonchev–Trinajstić information content (AvgIpc) is 3.20. The second-order valence-corrected chi connectivity index (χ2v) is 16.8. The van der Waals surface area contributed by atoms with Crippen LogP contribution in [0.15, 0.2) is 48.6 Å². The van der Waals surface area contributed by atoms with Crippen molar-refractivity contribution in [3.63, 3.8) is 0 Å². The van der Waals surface area contributed by atoms with Crippen molar-refractivity contribution >= 4 is 19.7 Å². The van der Waals surface area contributed by atoms with E-state index >= 15 is 0 Å². The third-order valence-electron chi connectivity index (χ3n) is 9.74. The molecule has 57 heavy (non-hydrogen) atoms. The zero-order valence-corrected chi connectivity index (χ0v) is 37.4. The molecule has 3 N–H and O–H groups in total. The number of carbonyl (C=O) groups is 2. The quantitative estimate of drug-likeness (QED) is 0.0240. The maximum atomic E-state index is 12.1. The molecular weight excluding hydrogens is 737 g/mol. The number of aliphatic hydroxyl groups is 1. The lowest BCUT2D eigenvalue weighted by atomic mass is 10.0. The van der Waals surface area contributed by atoms with Crippen LogP contribution in [-0.4, -0.2) is 54.3 Å². The fourth-order valence-electron chi connectivity index (χ4n) is 6.27. The highest BCUT2D eigenvalue weighted by molar-refractivity contribution is 7.47. The lowest BCUT2D eigenvalue weighted by Gasteiger charge is -2.15. The molecule has 0 spiro atoms. The molecule has 0 saturated carbocycles. The van der Waals surface area contributed by atoms with Crippen LogP contribution < -0.4 is 5.32 Å². The summed E-state index contributed by atoms with van der Waals surface area (Å²) < 4.78 is 26.9. The van der Waals surface area contributed by atoms with Crippen molar-refractivity contribution in [2.75, 3.05) is 26.4 Å². The van der Waals surface area contributed by atoms with E-state index in [1.807, 2.05) is 0 Å². The number of unbranched alkanes of at least 4 members (excludes halogenated alkanes) is 22. The van der Waals surface area contributed by atoms with Gasteiger partial charge in [-0.2, -0.15) is 0 Å². The summed E-state index contributed by atoms with van der Waals surface area (Å²) in [4.78, 5) is 33.9. The topological polar surface area (TPSA) is 131 Å². The van der Waals surface area contributed by atoms with Gasteiger partial charge < -0.3 is 20.1 Å². The van der Waals surface area contributed by atoms with E-state index in [0.717, 1.165) is 57.8 Å². The van der Waals surface area contributed by atoms with E-state index in [-0.39, 0.29) is 32.1 Å². The number of ether oxygens (including phenoxy) is 1. The van der Waals surface area contributed by atoms with Crippen LogP contribution in [0, 0.1) is 0 Å². The summed E-state index contributed by atoms with van der Waals surface area (Å²) in [6.07, 6.45) is 50.6. The second kappa shape index (κ2) is 43.5. The first-order valence-corrected chi connectivity index (χ1v) is 24.6. The fourth-order valence-corrected chi connectivity index (χ4v) is 7.03. The third kappa shape index (κ3) is 44.9. The van der Waals surface area contributed by atoms with Gasteiger partial charge in [0, 0.05) is 19.4 Å². The highest BCUT2D eigenvalue weighted by Gasteiger charge is 2.23. The maximum Gasteiger partial charge on any atom is 0.472 e. The zero-order valence-electron chi connectivity index (χ0n) is 36.5. The molecule has 0 aromatic heterocycles. The molecule has 0 aliphatic carbocycles. The van der Waals surface area contributed by atoms with E-state index in [1.165, 1.54) is 116 Å². The largest absolute Gasteiger partial charge is 0.472 e. The van der Waals surface area contributed by atoms with Gasteiger partial charge in [0.2, 0.25) is 5.91 Å². The maximum absolute atomic E-state index is 12.1. The molecule has 0 rings (SSSR count). The van der Waals surface area contributed by atoms with Gasteiger partial charge in [-0.15, -0.1) is 0 Å². The van der Waals surface area contributed by atoms with Gasteiger partial charge in [0.25, 0.3) is 0 Å². The van der Waals surface area contributed by atoms with Crippen LogP contribution >= 0.6 is 7.82 Å². The molecule has 0 bridgehead atoms. The van der Waals surface area contributed by atoms with Gasteiger partial charge in [0.1, 0.15) is 12.7 Å². The number of esters is 1. The predicted octanol–water partition coefficient (Wildman–Crippen LogP) is 13.1. The molecule has 332 valence electrons. The highest BCUT2D eigenvalue weighted by atomic mass is 31.2. The molecule has 0 aromatic carbocycles. The van der Waals surface area contributed by atoms with Gasteiger partial charge in [0.15, 0.2) is 0 Å². The van der Waals surface area contributed by atoms with Crippen LogP contribution in [0.25, 0.3) is 0 Å². The van der Waals surface area contributed by atoms with Crippen LogP contribution in [0.1, 0.15) is 206 Å². The second-order valence-electron chi connectivity index (χ2n) is 15.3. The molecule has 0 heterocycles. The van der Waals surface area contributed by atoms with Crippen molar-refractivity contribution in [2.24, 2.45) is 0 Å². The van der Waals surface area contributed by atoms with Gasteiger partial charge in [-0.05, 0) is 70.6 Å². The smallest absolute Gasteiger partial charge is 0.463 e. The number of carbonyl (C=O) groups excluding carboxylic acids is 2. The summed E-state index contributed by atoms with van der Waals surface area (Å²) in [6.45, 7) is 3.41. The number of rotatable bonds is 43. The molecule has 1 amide bonds. The number of phosphoric ester groups is 1. The van der Waals surface area contributed by atoms with Gasteiger partial charge >= 0.3 is 13.8 Å². The van der Waals surface area contributed by atoms with E-state index < -0.39 is 26.5 Å². The Hall–Kier alpha value is -2.03. The van der Waals surface area contributed by atoms with Crippen LogP contribution in [0.3, 0.4) is 0 Å². The van der Waals surface area contributed by atoms with Gasteiger partial charge in [-0.1, -0.05) is 172 Å². The molecule has 2 unspecified atom stereocenters. The molecule has 0 aliphatic heterocycles. The molecule has 0 saturated heterocycles. The summed E-state index contributed by atoms with van der Waals surface area (Å²) in [5.41, 5.74) is 0. The first-order valence-electron chi connectivity index (χ1n) is 23.1. The number of hydrogen-bond acceptors (Lipinski definition) is 7. The van der Waals surface area contributed by atoms with Crippen molar-refractivity contribution in [1.29, 1.82) is 0 Å². The molecule has 0 fully saturated rings. The standard InChI is InChI=1S/C47H86NO8P/c1-3-5-7-9-11-13-15-17-18-19-20-21-22-23-24-25-26-28-29-31-33-35-37-39-46(50)48-41-42-55-57(52,53)56-44-45(49)43-54-47(51)40-38-36-34-32-30-27-16-14-12-10-8-6-4-2/h6,8,12,14,17-18,27,30,45,49H,3-5,7,9-11,13,15-16,19-26,28-29,31-44H2,1-2H3,(H,48,50)(H,52,53)/b8-6-,14-12-,18-17+,30-27-. The molecular formula is C47H86NO8P. The number of hydrogen-bond donors (Lipinski definition) is 3. The summed E-state index contributed by atoms with van der Waals surface area (Å²) in [5, 5.41) is 12.7. The summed E-state index contributed by atoms with van der Waals surface area (Å²) in [7, 11) is -4.42. The monoisotopic (exact) mass is 824 g/mol. The molecule has 9 nitrogen and oxygen atoms in total. The first-order chi connectivity index (χ1) is 27.8. The first kappa shape index (κ1) is 55.0. The molecule has 0 radical (unpaired) electrons. The Morgan fingerprint density at radius 3 is 1.54 bits per heavy atom. The van der Waals surface area contributed by atoms with Crippen LogP contribution in [0.2, 0.25) is 0 Å². The SMILES string of the molecule is CC/C=C\C/C=C\C/C=C\CCCCCC(=O)OCC(O)COP(=O)(O)OCCNC(=O)CCCCCCCCCCCCCCC/C=C/CCCCCCCC. The fraction of sp³-hybridized carbons (Fsp3) is 0.787. The Balaban J connectivity index is 3.56. The van der Waals surface area contributed by atoms with Crippen molar-refractivity contribution in [2.45, 2.75) is 213 Å². The molecule has 0 aliphatic rings. The number of phosphoric acid groups is 1. The highest BCUT2D eigenvalue weighted by Crippen LogP contribution is 2.42. The molecule has 10 heteroatoms. The number of amides is 1. The van der Waals surface area contributed by atoms with Crippen molar-refractivity contribution < 1.29 is 37.9 Å². The lowest BCUT2D eigenvalue weighted by molar-refractivity contribution is -0.147. The summed E-state index contributed by atoms with van der Waals surface area (Å²) in [5.74, 6) is -0.545. The van der Waals surface area contributed by atoms with E-state index in [0.29, 0.717) is 12.8 Å². The van der Waals surface area contributed by atoms with Crippen LogP contribution in [0.4, 0.5) is 0 Å². The molecule has 0 aromatic rings. The molecule has 2 atom stereocenters. The third-order valence-corrected chi connectivity index (χ3v) is 10.7. The predicted molar refractivity (Wildman–Crippen MR) is 238 cm³/mol. The minimum Gasteiger partial charge on any atom is -0.463 e. The van der Waals surface area contributed by atoms with Crippen LogP contribution in [0.5, 0.6) is 0 Å². The Bertz CT molecular complexity index is 1080. The number of aliphatic hydroxyl groups excluding tert-OH is 1. The Morgan fingerprint density at radius 2 is 1.00 bits per heavy atom. The minimum atomic E-state index is -4.42. The van der Waals surface area contributed by atoms with E-state index in [9.17, 15) is 24.2 Å². The van der Waals surface area contributed by atoms with E-state index in [4.69, 9.17) is 13.8 Å². The van der Waals surface area contributed by atoms with Gasteiger partial charge in [0.05, 0.1) is 13.2 Å².